The van der Waals surface area contributed by atoms with Crippen molar-refractivity contribution in [3.05, 3.63) is 34.5 Å². The van der Waals surface area contributed by atoms with Crippen molar-refractivity contribution in [2.75, 3.05) is 20.2 Å². The van der Waals surface area contributed by atoms with Gasteiger partial charge in [-0.15, -0.1) is 0 Å². The number of rotatable bonds is 3. The van der Waals surface area contributed by atoms with Crippen LogP contribution >= 0.6 is 11.6 Å². The fourth-order valence-electron chi connectivity index (χ4n) is 4.50. The van der Waals surface area contributed by atoms with Crippen LogP contribution in [0.5, 0.6) is 0 Å². The van der Waals surface area contributed by atoms with Crippen LogP contribution in [0, 0.1) is 5.41 Å². The molecule has 0 amide bonds. The fraction of sp³-hybridized carbons (Fsp3) is 0.526. The highest BCUT2D eigenvalue weighted by Crippen LogP contribution is 2.55. The van der Waals surface area contributed by atoms with E-state index in [1.807, 2.05) is 25.1 Å². The Morgan fingerprint density at radius 1 is 1.46 bits per heavy atom. The van der Waals surface area contributed by atoms with Crippen molar-refractivity contribution in [3.8, 4) is 0 Å². The van der Waals surface area contributed by atoms with E-state index in [-0.39, 0.29) is 12.0 Å². The second-order valence-electron chi connectivity index (χ2n) is 7.07. The SMILES string of the molecule is CCOC(=O)C1(C2c3[nH]c4ccc(Cl)cc4c3CCN2C)CCC1. The first kappa shape index (κ1) is 16.0. The van der Waals surface area contributed by atoms with Crippen LogP contribution in [0.4, 0.5) is 0 Å². The van der Waals surface area contributed by atoms with E-state index in [1.165, 1.54) is 16.6 Å². The lowest BCUT2D eigenvalue weighted by Crippen LogP contribution is -2.52. The lowest BCUT2D eigenvalue weighted by atomic mass is 9.61. The fourth-order valence-corrected chi connectivity index (χ4v) is 4.67. The van der Waals surface area contributed by atoms with Gasteiger partial charge in [0.1, 0.15) is 0 Å². The van der Waals surface area contributed by atoms with Crippen LogP contribution in [0.1, 0.15) is 43.5 Å². The third kappa shape index (κ3) is 2.20. The zero-order valence-corrected chi connectivity index (χ0v) is 14.9. The maximum atomic E-state index is 12.8. The Labute approximate surface area is 147 Å². The van der Waals surface area contributed by atoms with Crippen molar-refractivity contribution in [1.82, 2.24) is 9.88 Å². The second-order valence-corrected chi connectivity index (χ2v) is 7.51. The molecule has 24 heavy (non-hydrogen) atoms. The highest BCUT2D eigenvalue weighted by Gasteiger charge is 2.55. The summed E-state index contributed by atoms with van der Waals surface area (Å²) in [6, 6.07) is 6.03. The van der Waals surface area contributed by atoms with Crippen molar-refractivity contribution in [2.45, 2.75) is 38.6 Å². The molecular formula is C19H23ClN2O2. The summed E-state index contributed by atoms with van der Waals surface area (Å²) in [6.45, 7) is 3.26. The first-order valence-corrected chi connectivity index (χ1v) is 9.12. The number of likely N-dealkylation sites (N-methyl/N-ethyl adjacent to an activating group) is 1. The number of hydrogen-bond donors (Lipinski definition) is 1. The second kappa shape index (κ2) is 5.78. The van der Waals surface area contributed by atoms with Gasteiger partial charge in [0, 0.05) is 28.2 Å². The quantitative estimate of drug-likeness (QED) is 0.851. The van der Waals surface area contributed by atoms with Crippen molar-refractivity contribution in [2.24, 2.45) is 5.41 Å². The van der Waals surface area contributed by atoms with Gasteiger partial charge in [-0.2, -0.15) is 0 Å². The molecule has 1 unspecified atom stereocenters. The minimum Gasteiger partial charge on any atom is -0.466 e. The Morgan fingerprint density at radius 3 is 2.92 bits per heavy atom. The molecule has 4 nitrogen and oxygen atoms in total. The third-order valence-electron chi connectivity index (χ3n) is 5.78. The van der Waals surface area contributed by atoms with E-state index >= 15 is 0 Å². The third-order valence-corrected chi connectivity index (χ3v) is 6.02. The van der Waals surface area contributed by atoms with E-state index in [0.29, 0.717) is 6.61 Å². The first-order chi connectivity index (χ1) is 11.6. The highest BCUT2D eigenvalue weighted by molar-refractivity contribution is 6.31. The maximum absolute atomic E-state index is 12.8. The zero-order chi connectivity index (χ0) is 16.9. The highest BCUT2D eigenvalue weighted by atomic mass is 35.5. The van der Waals surface area contributed by atoms with Gasteiger partial charge in [0.25, 0.3) is 0 Å². The van der Waals surface area contributed by atoms with E-state index in [9.17, 15) is 4.79 Å². The van der Waals surface area contributed by atoms with Crippen LogP contribution in [0.25, 0.3) is 10.9 Å². The molecule has 1 aliphatic carbocycles. The number of halogens is 1. The van der Waals surface area contributed by atoms with Crippen molar-refractivity contribution in [1.29, 1.82) is 0 Å². The van der Waals surface area contributed by atoms with Crippen LogP contribution in [0.3, 0.4) is 0 Å². The number of aromatic amines is 1. The van der Waals surface area contributed by atoms with E-state index in [2.05, 4.69) is 16.9 Å². The van der Waals surface area contributed by atoms with Crippen molar-refractivity contribution < 1.29 is 9.53 Å². The number of nitrogens with one attached hydrogen (secondary N) is 1. The van der Waals surface area contributed by atoms with Crippen molar-refractivity contribution in [3.63, 3.8) is 0 Å². The molecule has 5 heteroatoms. The molecule has 1 N–H and O–H groups in total. The molecule has 2 aromatic rings. The van der Waals surface area contributed by atoms with E-state index in [4.69, 9.17) is 16.3 Å². The predicted octanol–water partition coefficient (Wildman–Crippen LogP) is 4.08. The number of hydrogen-bond acceptors (Lipinski definition) is 3. The Kier molecular flexibility index (Phi) is 3.85. The van der Waals surface area contributed by atoms with E-state index in [1.54, 1.807) is 0 Å². The van der Waals surface area contributed by atoms with Gasteiger partial charge in [-0.3, -0.25) is 9.69 Å². The van der Waals surface area contributed by atoms with Gasteiger partial charge >= 0.3 is 5.97 Å². The van der Waals surface area contributed by atoms with Crippen molar-refractivity contribution >= 4 is 28.5 Å². The lowest BCUT2D eigenvalue weighted by Gasteiger charge is -2.50. The van der Waals surface area contributed by atoms with Crippen LogP contribution in [-0.2, 0) is 16.0 Å². The summed E-state index contributed by atoms with van der Waals surface area (Å²) in [4.78, 5) is 18.7. The van der Waals surface area contributed by atoms with Gasteiger partial charge in [0.2, 0.25) is 0 Å². The summed E-state index contributed by atoms with van der Waals surface area (Å²) in [6.07, 6.45) is 3.86. The molecule has 0 radical (unpaired) electrons. The summed E-state index contributed by atoms with van der Waals surface area (Å²) in [5.41, 5.74) is 3.17. The molecule has 1 saturated carbocycles. The standard InChI is InChI=1S/C19H23ClN2O2/c1-3-24-18(23)19(8-4-9-19)17-16-13(7-10-22(17)2)14-11-12(20)5-6-15(14)21-16/h5-6,11,17,21H,3-4,7-10H2,1-2H3. The summed E-state index contributed by atoms with van der Waals surface area (Å²) in [7, 11) is 2.12. The Bertz CT molecular complexity index is 794. The summed E-state index contributed by atoms with van der Waals surface area (Å²) in [5.74, 6) is -0.0439. The number of aromatic nitrogens is 1. The minimum absolute atomic E-state index is 0.0439. The molecule has 0 spiro atoms. The molecule has 128 valence electrons. The topological polar surface area (TPSA) is 45.3 Å². The van der Waals surface area contributed by atoms with Gasteiger partial charge in [0.05, 0.1) is 18.1 Å². The van der Waals surface area contributed by atoms with Crippen LogP contribution in [0.2, 0.25) is 5.02 Å². The van der Waals surface area contributed by atoms with E-state index in [0.717, 1.165) is 42.8 Å². The number of carbonyl (C=O) groups is 1. The lowest BCUT2D eigenvalue weighted by molar-refractivity contribution is -0.168. The number of benzene rings is 1. The van der Waals surface area contributed by atoms with Crippen LogP contribution in [-0.4, -0.2) is 36.1 Å². The Hall–Kier alpha value is -1.52. The van der Waals surface area contributed by atoms with Gasteiger partial charge < -0.3 is 9.72 Å². The molecule has 1 fully saturated rings. The number of carbonyl (C=O) groups excluding carboxylic acids is 1. The van der Waals surface area contributed by atoms with E-state index < -0.39 is 5.41 Å². The molecule has 1 aliphatic heterocycles. The maximum Gasteiger partial charge on any atom is 0.314 e. The molecule has 2 heterocycles. The molecule has 4 rings (SSSR count). The molecule has 1 atom stereocenters. The Morgan fingerprint density at radius 2 is 2.25 bits per heavy atom. The monoisotopic (exact) mass is 346 g/mol. The number of ether oxygens (including phenoxy) is 1. The molecule has 1 aromatic heterocycles. The molecule has 2 aliphatic rings. The zero-order valence-electron chi connectivity index (χ0n) is 14.2. The summed E-state index contributed by atoms with van der Waals surface area (Å²) < 4.78 is 5.46. The number of nitrogens with zero attached hydrogens (tertiary/aromatic N) is 1. The summed E-state index contributed by atoms with van der Waals surface area (Å²) in [5, 5.41) is 1.94. The predicted molar refractivity (Wildman–Crippen MR) is 95.3 cm³/mol. The molecule has 0 saturated heterocycles. The number of esters is 1. The summed E-state index contributed by atoms with van der Waals surface area (Å²) >= 11 is 6.20. The smallest absolute Gasteiger partial charge is 0.314 e. The molecular weight excluding hydrogens is 324 g/mol. The molecule has 0 bridgehead atoms. The number of fused-ring (bicyclic) bond motifs is 3. The van der Waals surface area contributed by atoms with Gasteiger partial charge in [0.15, 0.2) is 0 Å². The van der Waals surface area contributed by atoms with Gasteiger partial charge in [-0.25, -0.2) is 0 Å². The first-order valence-electron chi connectivity index (χ1n) is 8.74. The van der Waals surface area contributed by atoms with Gasteiger partial charge in [-0.1, -0.05) is 18.0 Å². The average Bonchev–Trinajstić information content (AvgIpc) is 2.86. The minimum atomic E-state index is -0.412. The number of H-pyrrole nitrogens is 1. The van der Waals surface area contributed by atoms with Crippen LogP contribution in [0.15, 0.2) is 18.2 Å². The Balaban J connectivity index is 1.85. The molecule has 1 aromatic carbocycles. The largest absolute Gasteiger partial charge is 0.466 e. The van der Waals surface area contributed by atoms with Crippen LogP contribution < -0.4 is 0 Å². The average molecular weight is 347 g/mol. The van der Waals surface area contributed by atoms with Gasteiger partial charge in [-0.05, 0) is 57.0 Å². The normalized spacial score (nSPS) is 22.9.